The van der Waals surface area contributed by atoms with Crippen molar-refractivity contribution < 1.29 is 24.0 Å². The van der Waals surface area contributed by atoms with Crippen molar-refractivity contribution in [3.05, 3.63) is 103 Å². The molecule has 1 N–H and O–H groups in total. The summed E-state index contributed by atoms with van der Waals surface area (Å²) in [6.07, 6.45) is 0. The summed E-state index contributed by atoms with van der Waals surface area (Å²) in [7, 11) is 0. The van der Waals surface area contributed by atoms with Crippen molar-refractivity contribution in [2.45, 2.75) is 30.0 Å². The number of aryl methyl sites for hydroxylation is 2. The molecule has 1 atom stereocenters. The van der Waals surface area contributed by atoms with E-state index in [-0.39, 0.29) is 32.6 Å². The monoisotopic (exact) mass is 583 g/mol. The lowest BCUT2D eigenvalue weighted by Gasteiger charge is -2.23. The summed E-state index contributed by atoms with van der Waals surface area (Å²) in [4.78, 5) is 43.6. The number of anilines is 1. The first-order valence-electron chi connectivity index (χ1n) is 11.3. The molecular formula is C25H18FN5O5S3. The topological polar surface area (TPSA) is 139 Å². The first-order valence-corrected chi connectivity index (χ1v) is 14.0. The lowest BCUT2D eigenvalue weighted by atomic mass is 9.95. The maximum Gasteiger partial charge on any atom is 0.296 e. The van der Waals surface area contributed by atoms with E-state index in [0.29, 0.717) is 20.8 Å². The van der Waals surface area contributed by atoms with Gasteiger partial charge in [-0.1, -0.05) is 47.4 Å². The van der Waals surface area contributed by atoms with Crippen LogP contribution in [-0.4, -0.2) is 36.9 Å². The van der Waals surface area contributed by atoms with Crippen LogP contribution in [0.25, 0.3) is 0 Å². The van der Waals surface area contributed by atoms with Crippen LogP contribution in [0.1, 0.15) is 37.5 Å². The fraction of sp³-hybridized carbons (Fsp3) is 0.160. The number of carbonyl (C=O) groups is 2. The zero-order valence-corrected chi connectivity index (χ0v) is 22.8. The number of thioether (sulfide) groups is 1. The number of nitro benzene ring substituents is 1. The largest absolute Gasteiger partial charge is 0.503 e. The Labute approximate surface area is 233 Å². The number of rotatable bonds is 8. The van der Waals surface area contributed by atoms with Crippen molar-refractivity contribution >= 4 is 56.9 Å². The van der Waals surface area contributed by atoms with Crippen molar-refractivity contribution in [1.29, 1.82) is 0 Å². The SMILES string of the molecule is Cc1nc(C)c(C(=O)C2=C(O)C(=O)N(c3nnc(SCc4ccc(F)cc4)s3)C2c2cccc([N+](=O)[O-])c2)s1. The Kier molecular flexibility index (Phi) is 7.25. The molecule has 0 bridgehead atoms. The molecule has 1 unspecified atom stereocenters. The maximum absolute atomic E-state index is 13.7. The minimum Gasteiger partial charge on any atom is -0.503 e. The number of halogens is 1. The summed E-state index contributed by atoms with van der Waals surface area (Å²) in [5, 5.41) is 31.4. The molecule has 1 amide bonds. The van der Waals surface area contributed by atoms with Crippen LogP contribution < -0.4 is 4.90 Å². The molecule has 5 rings (SSSR count). The second-order valence-electron chi connectivity index (χ2n) is 8.43. The quantitative estimate of drug-likeness (QED) is 0.0905. The molecule has 10 nitrogen and oxygen atoms in total. The highest BCUT2D eigenvalue weighted by Gasteiger charge is 2.47. The number of aromatic nitrogens is 3. The van der Waals surface area contributed by atoms with E-state index in [1.165, 1.54) is 42.1 Å². The number of carbonyl (C=O) groups excluding carboxylic acids is 2. The van der Waals surface area contributed by atoms with Gasteiger partial charge in [0.1, 0.15) is 5.82 Å². The van der Waals surface area contributed by atoms with Crippen LogP contribution in [-0.2, 0) is 10.5 Å². The van der Waals surface area contributed by atoms with Crippen LogP contribution in [0, 0.1) is 29.8 Å². The number of non-ortho nitro benzene ring substituents is 1. The van der Waals surface area contributed by atoms with Gasteiger partial charge < -0.3 is 5.11 Å². The molecule has 1 aliphatic heterocycles. The highest BCUT2D eigenvalue weighted by atomic mass is 32.2. The highest BCUT2D eigenvalue weighted by molar-refractivity contribution is 8.00. The van der Waals surface area contributed by atoms with Gasteiger partial charge in [-0.15, -0.1) is 21.5 Å². The average Bonchev–Trinajstić information content (AvgIpc) is 3.59. The fourth-order valence-corrected chi connectivity index (χ4v) is 6.80. The Morgan fingerprint density at radius 1 is 1.18 bits per heavy atom. The molecule has 14 heteroatoms. The van der Waals surface area contributed by atoms with Crippen LogP contribution >= 0.6 is 34.4 Å². The number of amides is 1. The van der Waals surface area contributed by atoms with Gasteiger partial charge in [0.2, 0.25) is 10.9 Å². The molecule has 0 aliphatic carbocycles. The summed E-state index contributed by atoms with van der Waals surface area (Å²) in [6, 6.07) is 10.4. The van der Waals surface area contributed by atoms with Crippen molar-refractivity contribution in [2.75, 3.05) is 4.90 Å². The molecule has 2 aromatic carbocycles. The van der Waals surface area contributed by atoms with E-state index < -0.39 is 28.4 Å². The molecule has 4 aromatic rings. The standard InChI is InChI=1S/C25H18FN5O5S3/c1-12-22(38-13(2)27-12)20(32)18-19(15-4-3-5-17(10-15)31(35)36)30(23(34)21(18)33)24-28-29-25(39-24)37-11-14-6-8-16(26)9-7-14/h3-10,19,33H,11H2,1-2H3. The molecule has 3 heterocycles. The van der Waals surface area contributed by atoms with E-state index in [1.54, 1.807) is 32.0 Å². The van der Waals surface area contributed by atoms with Gasteiger partial charge in [0.15, 0.2) is 10.1 Å². The molecular weight excluding hydrogens is 566 g/mol. The first-order chi connectivity index (χ1) is 18.6. The van der Waals surface area contributed by atoms with Crippen molar-refractivity contribution in [3.63, 3.8) is 0 Å². The zero-order valence-electron chi connectivity index (χ0n) is 20.3. The minimum absolute atomic E-state index is 0.102. The Morgan fingerprint density at radius 3 is 2.59 bits per heavy atom. The average molecular weight is 584 g/mol. The molecule has 198 valence electrons. The van der Waals surface area contributed by atoms with Gasteiger partial charge in [0.05, 0.1) is 32.1 Å². The third-order valence-corrected chi connectivity index (χ3v) is 9.04. The van der Waals surface area contributed by atoms with Gasteiger partial charge in [0, 0.05) is 17.9 Å². The number of thiazole rings is 1. The molecule has 0 radical (unpaired) electrons. The predicted molar refractivity (Wildman–Crippen MR) is 145 cm³/mol. The van der Waals surface area contributed by atoms with E-state index in [2.05, 4.69) is 15.2 Å². The first kappa shape index (κ1) is 26.6. The van der Waals surface area contributed by atoms with Crippen LogP contribution in [0.5, 0.6) is 0 Å². The fourth-order valence-electron chi connectivity index (χ4n) is 4.11. The summed E-state index contributed by atoms with van der Waals surface area (Å²) >= 11 is 3.51. The zero-order chi connectivity index (χ0) is 27.8. The van der Waals surface area contributed by atoms with Crippen LogP contribution in [0.3, 0.4) is 0 Å². The van der Waals surface area contributed by atoms with Crippen molar-refractivity contribution in [1.82, 2.24) is 15.2 Å². The van der Waals surface area contributed by atoms with Gasteiger partial charge in [-0.25, -0.2) is 9.37 Å². The number of hydrogen-bond donors (Lipinski definition) is 1. The predicted octanol–water partition coefficient (Wildman–Crippen LogP) is 5.73. The summed E-state index contributed by atoms with van der Waals surface area (Å²) in [5.41, 5.74) is 1.09. The van der Waals surface area contributed by atoms with Crippen LogP contribution in [0.15, 0.2) is 64.2 Å². The molecule has 0 fully saturated rings. The van der Waals surface area contributed by atoms with Gasteiger partial charge in [0.25, 0.3) is 11.6 Å². The molecule has 0 saturated heterocycles. The summed E-state index contributed by atoms with van der Waals surface area (Å²) in [6.45, 7) is 3.39. The molecule has 2 aromatic heterocycles. The highest BCUT2D eigenvalue weighted by Crippen LogP contribution is 2.45. The number of hydrogen-bond acceptors (Lipinski definition) is 11. The number of aliphatic hydroxyl groups excluding tert-OH is 1. The molecule has 0 saturated carbocycles. The van der Waals surface area contributed by atoms with Gasteiger partial charge in [-0.3, -0.25) is 24.6 Å². The van der Waals surface area contributed by atoms with E-state index in [4.69, 9.17) is 0 Å². The van der Waals surface area contributed by atoms with Crippen LogP contribution in [0.4, 0.5) is 15.2 Å². The second kappa shape index (κ2) is 10.6. The Balaban J connectivity index is 1.53. The van der Waals surface area contributed by atoms with Gasteiger partial charge >= 0.3 is 0 Å². The van der Waals surface area contributed by atoms with Crippen molar-refractivity contribution in [2.24, 2.45) is 0 Å². The Bertz CT molecular complexity index is 1650. The minimum atomic E-state index is -1.19. The van der Waals surface area contributed by atoms with E-state index in [0.717, 1.165) is 33.1 Å². The number of nitrogens with zero attached hydrogens (tertiary/aromatic N) is 5. The third-order valence-electron chi connectivity index (χ3n) is 5.84. The maximum atomic E-state index is 13.7. The normalized spacial score (nSPS) is 15.3. The molecule has 39 heavy (non-hydrogen) atoms. The van der Waals surface area contributed by atoms with Gasteiger partial charge in [-0.2, -0.15) is 0 Å². The Hall–Kier alpha value is -4.01. The number of aliphatic hydroxyl groups is 1. The second-order valence-corrected chi connectivity index (χ2v) is 11.8. The number of nitro groups is 1. The third kappa shape index (κ3) is 5.17. The van der Waals surface area contributed by atoms with Crippen molar-refractivity contribution in [3.8, 4) is 0 Å². The van der Waals surface area contributed by atoms with Crippen LogP contribution in [0.2, 0.25) is 0 Å². The number of ketones is 1. The number of Topliss-reactive ketones (excluding diaryl/α,β-unsaturated/α-hetero) is 1. The van der Waals surface area contributed by atoms with E-state index in [1.807, 2.05) is 0 Å². The lowest BCUT2D eigenvalue weighted by molar-refractivity contribution is -0.384. The molecule has 0 spiro atoms. The van der Waals surface area contributed by atoms with E-state index >= 15 is 0 Å². The van der Waals surface area contributed by atoms with Gasteiger partial charge in [-0.05, 0) is 37.1 Å². The summed E-state index contributed by atoms with van der Waals surface area (Å²) in [5.74, 6) is -2.12. The van der Waals surface area contributed by atoms with E-state index in [9.17, 15) is 29.2 Å². The number of benzene rings is 2. The Morgan fingerprint density at radius 2 is 1.92 bits per heavy atom. The smallest absolute Gasteiger partial charge is 0.296 e. The lowest BCUT2D eigenvalue weighted by Crippen LogP contribution is -2.31. The summed E-state index contributed by atoms with van der Waals surface area (Å²) < 4.78 is 13.7. The molecule has 1 aliphatic rings.